The van der Waals surface area contributed by atoms with Crippen molar-refractivity contribution in [1.29, 1.82) is 0 Å². The van der Waals surface area contributed by atoms with Crippen molar-refractivity contribution in [2.75, 3.05) is 6.54 Å². The van der Waals surface area contributed by atoms with Crippen LogP contribution in [0.2, 0.25) is 0 Å². The van der Waals surface area contributed by atoms with Crippen molar-refractivity contribution in [2.45, 2.75) is 32.6 Å². The minimum atomic E-state index is -0.906. The zero-order valence-corrected chi connectivity index (χ0v) is 7.55. The summed E-state index contributed by atoms with van der Waals surface area (Å²) in [5.41, 5.74) is 0. The Morgan fingerprint density at radius 1 is 1.42 bits per heavy atom. The van der Waals surface area contributed by atoms with Crippen molar-refractivity contribution < 1.29 is 9.90 Å². The number of aliphatic carboxylic acids is 1. The molecule has 0 unspecified atom stereocenters. The SMILES string of the molecule is CCCCCCNC=CC(=O)O. The van der Waals surface area contributed by atoms with Crippen LogP contribution in [0.5, 0.6) is 0 Å². The van der Waals surface area contributed by atoms with E-state index in [1.165, 1.54) is 25.5 Å². The van der Waals surface area contributed by atoms with Gasteiger partial charge >= 0.3 is 5.97 Å². The zero-order valence-electron chi connectivity index (χ0n) is 7.55. The van der Waals surface area contributed by atoms with E-state index in [9.17, 15) is 4.79 Å². The zero-order chi connectivity index (χ0) is 9.23. The first-order chi connectivity index (χ1) is 5.77. The van der Waals surface area contributed by atoms with E-state index in [0.717, 1.165) is 19.0 Å². The molecule has 0 spiro atoms. The summed E-state index contributed by atoms with van der Waals surface area (Å²) >= 11 is 0. The van der Waals surface area contributed by atoms with Crippen LogP contribution in [0.1, 0.15) is 32.6 Å². The van der Waals surface area contributed by atoms with E-state index >= 15 is 0 Å². The number of hydrogen-bond donors (Lipinski definition) is 2. The summed E-state index contributed by atoms with van der Waals surface area (Å²) < 4.78 is 0. The molecule has 0 amide bonds. The summed E-state index contributed by atoms with van der Waals surface area (Å²) in [6.45, 7) is 3.03. The molecule has 0 aliphatic carbocycles. The summed E-state index contributed by atoms with van der Waals surface area (Å²) in [6, 6.07) is 0. The molecular weight excluding hydrogens is 154 g/mol. The van der Waals surface area contributed by atoms with Crippen LogP contribution in [0.3, 0.4) is 0 Å². The van der Waals surface area contributed by atoms with Gasteiger partial charge in [0.1, 0.15) is 0 Å². The van der Waals surface area contributed by atoms with Gasteiger partial charge in [-0.2, -0.15) is 0 Å². The summed E-state index contributed by atoms with van der Waals surface area (Å²) in [5, 5.41) is 11.1. The summed E-state index contributed by atoms with van der Waals surface area (Å²) in [6.07, 6.45) is 7.39. The van der Waals surface area contributed by atoms with E-state index in [2.05, 4.69) is 12.2 Å². The van der Waals surface area contributed by atoms with Crippen molar-refractivity contribution in [1.82, 2.24) is 5.32 Å². The van der Waals surface area contributed by atoms with Gasteiger partial charge < -0.3 is 10.4 Å². The molecule has 0 rings (SSSR count). The molecule has 0 radical (unpaired) electrons. The Labute approximate surface area is 73.5 Å². The van der Waals surface area contributed by atoms with E-state index < -0.39 is 5.97 Å². The largest absolute Gasteiger partial charge is 0.478 e. The molecule has 3 nitrogen and oxygen atoms in total. The van der Waals surface area contributed by atoms with E-state index in [1.807, 2.05) is 0 Å². The second-order valence-corrected chi connectivity index (χ2v) is 2.69. The van der Waals surface area contributed by atoms with Gasteiger partial charge in [-0.1, -0.05) is 26.2 Å². The highest BCUT2D eigenvalue weighted by Gasteiger charge is 1.86. The third kappa shape index (κ3) is 9.01. The Bertz CT molecular complexity index is 143. The van der Waals surface area contributed by atoms with Gasteiger partial charge in [0, 0.05) is 18.8 Å². The Balaban J connectivity index is 3.05. The van der Waals surface area contributed by atoms with Crippen LogP contribution >= 0.6 is 0 Å². The van der Waals surface area contributed by atoms with Crippen LogP contribution in [-0.4, -0.2) is 17.6 Å². The standard InChI is InChI=1S/C9H17NO2/c1-2-3-4-5-7-10-8-6-9(11)12/h6,8,10H,2-5,7H2,1H3,(H,11,12). The van der Waals surface area contributed by atoms with Gasteiger partial charge in [-0.25, -0.2) is 4.79 Å². The second-order valence-electron chi connectivity index (χ2n) is 2.69. The molecule has 0 atom stereocenters. The van der Waals surface area contributed by atoms with Crippen molar-refractivity contribution >= 4 is 5.97 Å². The molecule has 0 aliphatic heterocycles. The molecule has 0 saturated carbocycles. The maximum Gasteiger partial charge on any atom is 0.329 e. The quantitative estimate of drug-likeness (QED) is 0.453. The number of carbonyl (C=O) groups is 1. The monoisotopic (exact) mass is 171 g/mol. The highest BCUT2D eigenvalue weighted by Crippen LogP contribution is 1.96. The molecule has 3 heteroatoms. The minimum absolute atomic E-state index is 0.865. The molecule has 12 heavy (non-hydrogen) atoms. The van der Waals surface area contributed by atoms with E-state index in [1.54, 1.807) is 0 Å². The van der Waals surface area contributed by atoms with Gasteiger partial charge in [0.05, 0.1) is 0 Å². The fourth-order valence-electron chi connectivity index (χ4n) is 0.867. The maximum absolute atomic E-state index is 10.0. The average molecular weight is 171 g/mol. The Morgan fingerprint density at radius 3 is 2.75 bits per heavy atom. The van der Waals surface area contributed by atoms with Crippen molar-refractivity contribution in [3.63, 3.8) is 0 Å². The van der Waals surface area contributed by atoms with Crippen LogP contribution in [-0.2, 0) is 4.79 Å². The summed E-state index contributed by atoms with van der Waals surface area (Å²) in [4.78, 5) is 10.0. The lowest BCUT2D eigenvalue weighted by Gasteiger charge is -1.98. The lowest BCUT2D eigenvalue weighted by atomic mass is 10.2. The molecule has 0 fully saturated rings. The van der Waals surface area contributed by atoms with Crippen LogP contribution < -0.4 is 5.32 Å². The van der Waals surface area contributed by atoms with E-state index in [-0.39, 0.29) is 0 Å². The molecule has 2 N–H and O–H groups in total. The maximum atomic E-state index is 10.0. The smallest absolute Gasteiger partial charge is 0.329 e. The molecule has 0 aliphatic rings. The Kier molecular flexibility index (Phi) is 7.44. The fourth-order valence-corrected chi connectivity index (χ4v) is 0.867. The highest BCUT2D eigenvalue weighted by atomic mass is 16.4. The third-order valence-electron chi connectivity index (χ3n) is 1.52. The lowest BCUT2D eigenvalue weighted by molar-refractivity contribution is -0.131. The Morgan fingerprint density at radius 2 is 2.17 bits per heavy atom. The number of hydrogen-bond acceptors (Lipinski definition) is 2. The molecule has 0 heterocycles. The van der Waals surface area contributed by atoms with E-state index in [4.69, 9.17) is 5.11 Å². The molecule has 0 aromatic heterocycles. The van der Waals surface area contributed by atoms with Gasteiger partial charge in [-0.15, -0.1) is 0 Å². The lowest BCUT2D eigenvalue weighted by Crippen LogP contribution is -2.07. The average Bonchev–Trinajstić information content (AvgIpc) is 2.02. The highest BCUT2D eigenvalue weighted by molar-refractivity contribution is 5.79. The predicted molar refractivity (Wildman–Crippen MR) is 48.9 cm³/mol. The van der Waals surface area contributed by atoms with Gasteiger partial charge in [-0.05, 0) is 6.42 Å². The fraction of sp³-hybridized carbons (Fsp3) is 0.667. The number of carboxylic acid groups (broad SMARTS) is 1. The van der Waals surface area contributed by atoms with Gasteiger partial charge in [-0.3, -0.25) is 0 Å². The number of carboxylic acids is 1. The number of unbranched alkanes of at least 4 members (excludes halogenated alkanes) is 3. The van der Waals surface area contributed by atoms with Crippen molar-refractivity contribution in [3.05, 3.63) is 12.3 Å². The van der Waals surface area contributed by atoms with Crippen molar-refractivity contribution in [3.8, 4) is 0 Å². The van der Waals surface area contributed by atoms with Crippen molar-refractivity contribution in [2.24, 2.45) is 0 Å². The molecule has 0 aromatic rings. The molecule has 0 aromatic carbocycles. The summed E-state index contributed by atoms with van der Waals surface area (Å²) in [5.74, 6) is -0.906. The normalized spacial score (nSPS) is 10.4. The Hall–Kier alpha value is -0.990. The van der Waals surface area contributed by atoms with Crippen LogP contribution in [0.15, 0.2) is 12.3 Å². The van der Waals surface area contributed by atoms with Gasteiger partial charge in [0.15, 0.2) is 0 Å². The first kappa shape index (κ1) is 11.0. The topological polar surface area (TPSA) is 49.3 Å². The molecule has 0 saturated heterocycles. The molecule has 0 bridgehead atoms. The van der Waals surface area contributed by atoms with Gasteiger partial charge in [0.25, 0.3) is 0 Å². The second kappa shape index (κ2) is 8.11. The third-order valence-corrected chi connectivity index (χ3v) is 1.52. The first-order valence-electron chi connectivity index (χ1n) is 4.40. The molecular formula is C9H17NO2. The summed E-state index contributed by atoms with van der Waals surface area (Å²) in [7, 11) is 0. The number of nitrogens with one attached hydrogen (secondary N) is 1. The minimum Gasteiger partial charge on any atom is -0.478 e. The predicted octanol–water partition coefficient (Wildman–Crippen LogP) is 1.75. The first-order valence-corrected chi connectivity index (χ1v) is 4.40. The van der Waals surface area contributed by atoms with Gasteiger partial charge in [0.2, 0.25) is 0 Å². The molecule has 70 valence electrons. The van der Waals surface area contributed by atoms with Crippen LogP contribution in [0.25, 0.3) is 0 Å². The van der Waals surface area contributed by atoms with E-state index in [0.29, 0.717) is 0 Å². The van der Waals surface area contributed by atoms with Crippen LogP contribution in [0.4, 0.5) is 0 Å². The number of rotatable bonds is 7. The van der Waals surface area contributed by atoms with Crippen LogP contribution in [0, 0.1) is 0 Å².